The Morgan fingerprint density at radius 1 is 1.15 bits per heavy atom. The fraction of sp³-hybridized carbons (Fsp3) is 0.647. The Bertz CT molecular complexity index is 440. The van der Waals surface area contributed by atoms with Crippen molar-refractivity contribution < 1.29 is 9.84 Å². The van der Waals surface area contributed by atoms with Crippen molar-refractivity contribution in [3.05, 3.63) is 35.4 Å². The Balaban J connectivity index is 1.71. The summed E-state index contributed by atoms with van der Waals surface area (Å²) < 4.78 is 5.47. The third kappa shape index (κ3) is 3.05. The minimum Gasteiger partial charge on any atom is -0.396 e. The smallest absolute Gasteiger partial charge is 0.0501 e. The van der Waals surface area contributed by atoms with E-state index in [0.29, 0.717) is 0 Å². The summed E-state index contributed by atoms with van der Waals surface area (Å²) in [6.07, 6.45) is 4.38. The van der Waals surface area contributed by atoms with E-state index in [1.165, 1.54) is 24.0 Å². The van der Waals surface area contributed by atoms with Gasteiger partial charge in [0, 0.05) is 31.7 Å². The van der Waals surface area contributed by atoms with E-state index in [1.807, 2.05) is 0 Å². The number of aliphatic hydroxyl groups excluding tert-OH is 1. The first-order valence-corrected chi connectivity index (χ1v) is 7.79. The molecule has 2 aliphatic rings. The summed E-state index contributed by atoms with van der Waals surface area (Å²) in [5.74, 6) is 0. The molecule has 20 heavy (non-hydrogen) atoms. The zero-order valence-electron chi connectivity index (χ0n) is 12.2. The van der Waals surface area contributed by atoms with E-state index in [0.717, 1.165) is 45.7 Å². The monoisotopic (exact) mass is 275 g/mol. The molecule has 0 unspecified atom stereocenters. The molecule has 2 aliphatic heterocycles. The molecule has 1 fully saturated rings. The number of fused-ring (bicyclic) bond motifs is 1. The topological polar surface area (TPSA) is 32.7 Å². The van der Waals surface area contributed by atoms with Gasteiger partial charge >= 0.3 is 0 Å². The number of benzene rings is 1. The van der Waals surface area contributed by atoms with E-state index in [9.17, 15) is 5.11 Å². The Labute approximate surface area is 121 Å². The first kappa shape index (κ1) is 14.1. The largest absolute Gasteiger partial charge is 0.396 e. The molecule has 0 bridgehead atoms. The first-order valence-electron chi connectivity index (χ1n) is 7.79. The summed E-state index contributed by atoms with van der Waals surface area (Å²) >= 11 is 0. The molecule has 0 amide bonds. The predicted octanol–water partition coefficient (Wildman–Crippen LogP) is 2.22. The van der Waals surface area contributed by atoms with Gasteiger partial charge in [0.2, 0.25) is 0 Å². The number of aryl methyl sites for hydroxylation is 1. The van der Waals surface area contributed by atoms with Crippen molar-refractivity contribution in [2.24, 2.45) is 5.41 Å². The lowest BCUT2D eigenvalue weighted by molar-refractivity contribution is -0.0353. The van der Waals surface area contributed by atoms with Gasteiger partial charge in [-0.2, -0.15) is 0 Å². The van der Waals surface area contributed by atoms with Crippen LogP contribution in [0.3, 0.4) is 0 Å². The highest BCUT2D eigenvalue weighted by Crippen LogP contribution is 2.32. The lowest BCUT2D eigenvalue weighted by Gasteiger charge is -2.39. The van der Waals surface area contributed by atoms with Crippen molar-refractivity contribution in [2.45, 2.75) is 32.2 Å². The molecule has 1 saturated heterocycles. The summed E-state index contributed by atoms with van der Waals surface area (Å²) in [5.41, 5.74) is 3.02. The van der Waals surface area contributed by atoms with Gasteiger partial charge in [-0.25, -0.2) is 0 Å². The maximum atomic E-state index is 9.86. The van der Waals surface area contributed by atoms with E-state index < -0.39 is 0 Å². The van der Waals surface area contributed by atoms with Crippen LogP contribution in [0.2, 0.25) is 0 Å². The molecule has 0 spiro atoms. The van der Waals surface area contributed by atoms with E-state index in [-0.39, 0.29) is 12.0 Å². The maximum Gasteiger partial charge on any atom is 0.0501 e. The van der Waals surface area contributed by atoms with Crippen LogP contribution in [0, 0.1) is 5.41 Å². The fourth-order valence-corrected chi connectivity index (χ4v) is 3.55. The zero-order chi connectivity index (χ0) is 13.8. The quantitative estimate of drug-likeness (QED) is 0.918. The first-order chi connectivity index (χ1) is 9.81. The van der Waals surface area contributed by atoms with Gasteiger partial charge in [-0.3, -0.25) is 4.90 Å². The van der Waals surface area contributed by atoms with Gasteiger partial charge in [-0.05, 0) is 43.4 Å². The van der Waals surface area contributed by atoms with Crippen LogP contribution >= 0.6 is 0 Å². The number of rotatable bonds is 3. The third-order valence-electron chi connectivity index (χ3n) is 4.88. The van der Waals surface area contributed by atoms with Crippen LogP contribution in [0.1, 0.15) is 30.4 Å². The molecule has 0 aliphatic carbocycles. The SMILES string of the molecule is OCC1(CN2CCCc3ccccc3C2)CCOCC1. The second-order valence-electron chi connectivity index (χ2n) is 6.35. The molecular weight excluding hydrogens is 250 g/mol. The highest BCUT2D eigenvalue weighted by molar-refractivity contribution is 5.28. The standard InChI is InChI=1S/C17H25NO2/c19-14-17(7-10-20-11-8-17)13-18-9-3-6-15-4-1-2-5-16(15)12-18/h1-2,4-5,19H,3,6-14H2. The van der Waals surface area contributed by atoms with Crippen molar-refractivity contribution >= 4 is 0 Å². The Kier molecular flexibility index (Phi) is 4.39. The van der Waals surface area contributed by atoms with Crippen molar-refractivity contribution in [1.82, 2.24) is 4.90 Å². The number of ether oxygens (including phenoxy) is 1. The van der Waals surface area contributed by atoms with Gasteiger partial charge in [0.25, 0.3) is 0 Å². The lowest BCUT2D eigenvalue weighted by Crippen LogP contribution is -2.43. The number of hydrogen-bond donors (Lipinski definition) is 1. The third-order valence-corrected chi connectivity index (χ3v) is 4.88. The number of aliphatic hydroxyl groups is 1. The minimum absolute atomic E-state index is 0.0531. The fourth-order valence-electron chi connectivity index (χ4n) is 3.55. The molecule has 0 aromatic heterocycles. The molecule has 3 rings (SSSR count). The Morgan fingerprint density at radius 2 is 1.90 bits per heavy atom. The van der Waals surface area contributed by atoms with Crippen LogP contribution in [-0.4, -0.2) is 42.9 Å². The predicted molar refractivity (Wildman–Crippen MR) is 79.6 cm³/mol. The van der Waals surface area contributed by atoms with Gasteiger partial charge in [0.15, 0.2) is 0 Å². The molecular formula is C17H25NO2. The van der Waals surface area contributed by atoms with Crippen LogP contribution < -0.4 is 0 Å². The molecule has 0 saturated carbocycles. The van der Waals surface area contributed by atoms with E-state index in [1.54, 1.807) is 0 Å². The summed E-state index contributed by atoms with van der Waals surface area (Å²) in [4.78, 5) is 2.54. The van der Waals surface area contributed by atoms with Crippen molar-refractivity contribution in [3.63, 3.8) is 0 Å². The van der Waals surface area contributed by atoms with Crippen molar-refractivity contribution in [2.75, 3.05) is 32.9 Å². The molecule has 3 nitrogen and oxygen atoms in total. The summed E-state index contributed by atoms with van der Waals surface area (Å²) in [7, 11) is 0. The second kappa shape index (κ2) is 6.25. The maximum absolute atomic E-state index is 9.86. The van der Waals surface area contributed by atoms with Gasteiger partial charge in [-0.15, -0.1) is 0 Å². The molecule has 3 heteroatoms. The minimum atomic E-state index is 0.0531. The zero-order valence-corrected chi connectivity index (χ0v) is 12.2. The van der Waals surface area contributed by atoms with Crippen molar-refractivity contribution in [3.8, 4) is 0 Å². The molecule has 0 atom stereocenters. The molecule has 1 aromatic rings. The summed E-state index contributed by atoms with van der Waals surface area (Å²) in [6.45, 7) is 5.04. The van der Waals surface area contributed by atoms with E-state index in [4.69, 9.17) is 4.74 Å². The van der Waals surface area contributed by atoms with Gasteiger partial charge in [0.1, 0.15) is 0 Å². The Hall–Kier alpha value is -0.900. The van der Waals surface area contributed by atoms with Crippen LogP contribution in [0.15, 0.2) is 24.3 Å². The van der Waals surface area contributed by atoms with Crippen LogP contribution in [-0.2, 0) is 17.7 Å². The Morgan fingerprint density at radius 3 is 2.65 bits per heavy atom. The summed E-state index contributed by atoms with van der Waals surface area (Å²) in [6, 6.07) is 8.79. The van der Waals surface area contributed by atoms with Gasteiger partial charge < -0.3 is 9.84 Å². The van der Waals surface area contributed by atoms with Crippen molar-refractivity contribution in [1.29, 1.82) is 0 Å². The normalized spacial score (nSPS) is 23.1. The van der Waals surface area contributed by atoms with E-state index >= 15 is 0 Å². The average Bonchev–Trinajstić information content (AvgIpc) is 2.69. The van der Waals surface area contributed by atoms with Crippen LogP contribution in [0.25, 0.3) is 0 Å². The van der Waals surface area contributed by atoms with Crippen LogP contribution in [0.4, 0.5) is 0 Å². The average molecular weight is 275 g/mol. The van der Waals surface area contributed by atoms with Gasteiger partial charge in [-0.1, -0.05) is 24.3 Å². The second-order valence-corrected chi connectivity index (χ2v) is 6.35. The van der Waals surface area contributed by atoms with E-state index in [2.05, 4.69) is 29.2 Å². The number of nitrogens with zero attached hydrogens (tertiary/aromatic N) is 1. The highest BCUT2D eigenvalue weighted by Gasteiger charge is 2.34. The van der Waals surface area contributed by atoms with Crippen LogP contribution in [0.5, 0.6) is 0 Å². The van der Waals surface area contributed by atoms with Gasteiger partial charge in [0.05, 0.1) is 6.61 Å². The molecule has 1 aromatic carbocycles. The molecule has 2 heterocycles. The summed E-state index contributed by atoms with van der Waals surface area (Å²) in [5, 5.41) is 9.86. The molecule has 0 radical (unpaired) electrons. The molecule has 1 N–H and O–H groups in total. The molecule has 110 valence electrons. The number of hydrogen-bond acceptors (Lipinski definition) is 3. The lowest BCUT2D eigenvalue weighted by atomic mass is 9.80. The highest BCUT2D eigenvalue weighted by atomic mass is 16.5.